The number of hydrogen-bond acceptors (Lipinski definition) is 2. The summed E-state index contributed by atoms with van der Waals surface area (Å²) >= 11 is 0. The Labute approximate surface area is 103 Å². The Morgan fingerprint density at radius 3 is 2.35 bits per heavy atom. The summed E-state index contributed by atoms with van der Waals surface area (Å²) in [5, 5.41) is 3.42. The summed E-state index contributed by atoms with van der Waals surface area (Å²) in [6, 6.07) is 14.8. The number of rotatable bonds is 3. The van der Waals surface area contributed by atoms with Gasteiger partial charge in [-0.3, -0.25) is 0 Å². The molecular weight excluding hydrogens is 208 g/mol. The minimum absolute atomic E-state index is 0.269. The van der Waals surface area contributed by atoms with Gasteiger partial charge in [-0.05, 0) is 38.0 Å². The molecule has 0 amide bonds. The molecule has 2 nitrogen and oxygen atoms in total. The van der Waals surface area contributed by atoms with Crippen LogP contribution in [0.4, 0.5) is 5.82 Å². The van der Waals surface area contributed by atoms with Crippen molar-refractivity contribution in [3.05, 3.63) is 59.3 Å². The first kappa shape index (κ1) is 11.6. The third-order valence-corrected chi connectivity index (χ3v) is 3.01. The van der Waals surface area contributed by atoms with Crippen LogP contribution in [-0.4, -0.2) is 4.98 Å². The van der Waals surface area contributed by atoms with E-state index in [9.17, 15) is 0 Å². The molecule has 0 aliphatic heterocycles. The molecule has 88 valence electrons. The highest BCUT2D eigenvalue weighted by molar-refractivity contribution is 5.40. The Bertz CT molecular complexity index is 492. The second-order valence-corrected chi connectivity index (χ2v) is 4.38. The van der Waals surface area contributed by atoms with Gasteiger partial charge in [-0.2, -0.15) is 0 Å². The molecule has 0 fully saturated rings. The van der Waals surface area contributed by atoms with E-state index in [-0.39, 0.29) is 6.04 Å². The van der Waals surface area contributed by atoms with E-state index in [1.807, 2.05) is 19.1 Å². The summed E-state index contributed by atoms with van der Waals surface area (Å²) in [4.78, 5) is 4.53. The van der Waals surface area contributed by atoms with Crippen molar-refractivity contribution >= 4 is 5.82 Å². The van der Waals surface area contributed by atoms with Gasteiger partial charge in [-0.25, -0.2) is 4.98 Å². The fraction of sp³-hybridized carbons (Fsp3) is 0.267. The number of aryl methyl sites for hydroxylation is 2. The zero-order valence-electron chi connectivity index (χ0n) is 10.6. The summed E-state index contributed by atoms with van der Waals surface area (Å²) in [6.07, 6.45) is 0. The lowest BCUT2D eigenvalue weighted by atomic mass is 10.1. The van der Waals surface area contributed by atoms with E-state index in [4.69, 9.17) is 0 Å². The molecule has 0 aliphatic rings. The number of pyridine rings is 1. The standard InChI is InChI=1S/C15H18N2/c1-11-9-10-15(16-12(11)2)17-13(3)14-7-5-4-6-8-14/h4-10,13H,1-3H3,(H,16,17). The lowest BCUT2D eigenvalue weighted by Crippen LogP contribution is -2.08. The van der Waals surface area contributed by atoms with Gasteiger partial charge in [-0.1, -0.05) is 36.4 Å². The zero-order valence-corrected chi connectivity index (χ0v) is 10.6. The number of aromatic nitrogens is 1. The molecule has 2 rings (SSSR count). The Morgan fingerprint density at radius 1 is 1.00 bits per heavy atom. The van der Waals surface area contributed by atoms with Gasteiger partial charge >= 0.3 is 0 Å². The maximum absolute atomic E-state index is 4.53. The van der Waals surface area contributed by atoms with Crippen LogP contribution >= 0.6 is 0 Å². The smallest absolute Gasteiger partial charge is 0.126 e. The molecule has 1 heterocycles. The van der Waals surface area contributed by atoms with Crippen LogP contribution in [0.5, 0.6) is 0 Å². The van der Waals surface area contributed by atoms with Crippen molar-refractivity contribution in [2.75, 3.05) is 5.32 Å². The minimum atomic E-state index is 0.269. The first-order valence-corrected chi connectivity index (χ1v) is 5.92. The summed E-state index contributed by atoms with van der Waals surface area (Å²) in [5.41, 5.74) is 3.57. The number of nitrogens with zero attached hydrogens (tertiary/aromatic N) is 1. The normalized spacial score (nSPS) is 12.2. The third kappa shape index (κ3) is 2.84. The lowest BCUT2D eigenvalue weighted by Gasteiger charge is -2.15. The molecule has 0 bridgehead atoms. The molecule has 1 atom stereocenters. The van der Waals surface area contributed by atoms with Crippen molar-refractivity contribution in [2.45, 2.75) is 26.8 Å². The Kier molecular flexibility index (Phi) is 3.43. The van der Waals surface area contributed by atoms with Crippen molar-refractivity contribution in [3.8, 4) is 0 Å². The van der Waals surface area contributed by atoms with Gasteiger partial charge in [0.2, 0.25) is 0 Å². The first-order valence-electron chi connectivity index (χ1n) is 5.92. The number of benzene rings is 1. The van der Waals surface area contributed by atoms with Gasteiger partial charge in [0.1, 0.15) is 5.82 Å². The molecule has 0 aliphatic carbocycles. The Hall–Kier alpha value is -1.83. The zero-order chi connectivity index (χ0) is 12.3. The SMILES string of the molecule is Cc1ccc(NC(C)c2ccccc2)nc1C. The van der Waals surface area contributed by atoms with Crippen LogP contribution in [-0.2, 0) is 0 Å². The topological polar surface area (TPSA) is 24.9 Å². The summed E-state index contributed by atoms with van der Waals surface area (Å²) < 4.78 is 0. The van der Waals surface area contributed by atoms with E-state index in [0.29, 0.717) is 0 Å². The van der Waals surface area contributed by atoms with E-state index in [0.717, 1.165) is 11.5 Å². The van der Waals surface area contributed by atoms with Crippen molar-refractivity contribution in [1.29, 1.82) is 0 Å². The van der Waals surface area contributed by atoms with Crippen molar-refractivity contribution in [1.82, 2.24) is 4.98 Å². The molecule has 2 aromatic rings. The molecule has 0 spiro atoms. The van der Waals surface area contributed by atoms with Crippen molar-refractivity contribution in [3.63, 3.8) is 0 Å². The first-order chi connectivity index (χ1) is 8.16. The van der Waals surface area contributed by atoms with E-state index in [1.54, 1.807) is 0 Å². The molecule has 17 heavy (non-hydrogen) atoms. The lowest BCUT2D eigenvalue weighted by molar-refractivity contribution is 0.871. The molecule has 1 aromatic carbocycles. The van der Waals surface area contributed by atoms with Crippen LogP contribution in [0.3, 0.4) is 0 Å². The maximum atomic E-state index is 4.53. The summed E-state index contributed by atoms with van der Waals surface area (Å²) in [5.74, 6) is 0.935. The number of anilines is 1. The van der Waals surface area contributed by atoms with E-state index in [2.05, 4.69) is 54.5 Å². The molecule has 1 aromatic heterocycles. The van der Waals surface area contributed by atoms with Crippen LogP contribution in [0.15, 0.2) is 42.5 Å². The third-order valence-electron chi connectivity index (χ3n) is 3.01. The van der Waals surface area contributed by atoms with E-state index >= 15 is 0 Å². The fourth-order valence-electron chi connectivity index (χ4n) is 1.76. The van der Waals surface area contributed by atoms with Crippen LogP contribution in [0.25, 0.3) is 0 Å². The van der Waals surface area contributed by atoms with Gasteiger partial charge in [0, 0.05) is 11.7 Å². The largest absolute Gasteiger partial charge is 0.364 e. The maximum Gasteiger partial charge on any atom is 0.126 e. The number of nitrogens with one attached hydrogen (secondary N) is 1. The molecule has 0 radical (unpaired) electrons. The fourth-order valence-corrected chi connectivity index (χ4v) is 1.76. The quantitative estimate of drug-likeness (QED) is 0.859. The summed E-state index contributed by atoms with van der Waals surface area (Å²) in [7, 11) is 0. The van der Waals surface area contributed by atoms with Gasteiger partial charge in [0.15, 0.2) is 0 Å². The predicted molar refractivity (Wildman–Crippen MR) is 72.2 cm³/mol. The highest BCUT2D eigenvalue weighted by Gasteiger charge is 2.05. The molecule has 1 unspecified atom stereocenters. The second-order valence-electron chi connectivity index (χ2n) is 4.38. The second kappa shape index (κ2) is 5.00. The molecule has 0 saturated carbocycles. The molecule has 0 saturated heterocycles. The van der Waals surface area contributed by atoms with Crippen LogP contribution in [0.1, 0.15) is 29.8 Å². The van der Waals surface area contributed by atoms with E-state index in [1.165, 1.54) is 11.1 Å². The van der Waals surface area contributed by atoms with Gasteiger partial charge in [0.05, 0.1) is 0 Å². The highest BCUT2D eigenvalue weighted by Crippen LogP contribution is 2.18. The minimum Gasteiger partial charge on any atom is -0.364 e. The van der Waals surface area contributed by atoms with Gasteiger partial charge < -0.3 is 5.32 Å². The molecule has 2 heteroatoms. The van der Waals surface area contributed by atoms with Crippen molar-refractivity contribution in [2.24, 2.45) is 0 Å². The average Bonchev–Trinajstić information content (AvgIpc) is 2.35. The Morgan fingerprint density at radius 2 is 1.71 bits per heavy atom. The highest BCUT2D eigenvalue weighted by atomic mass is 15.0. The van der Waals surface area contributed by atoms with E-state index < -0.39 is 0 Å². The summed E-state index contributed by atoms with van der Waals surface area (Å²) in [6.45, 7) is 6.26. The molecule has 1 N–H and O–H groups in total. The molecular formula is C15H18N2. The monoisotopic (exact) mass is 226 g/mol. The van der Waals surface area contributed by atoms with Crippen LogP contribution in [0, 0.1) is 13.8 Å². The number of hydrogen-bond donors (Lipinski definition) is 1. The predicted octanol–water partition coefficient (Wildman–Crippen LogP) is 3.87. The van der Waals surface area contributed by atoms with Gasteiger partial charge in [-0.15, -0.1) is 0 Å². The van der Waals surface area contributed by atoms with Crippen molar-refractivity contribution < 1.29 is 0 Å². The van der Waals surface area contributed by atoms with Crippen LogP contribution < -0.4 is 5.32 Å². The Balaban J connectivity index is 2.13. The van der Waals surface area contributed by atoms with Crippen LogP contribution in [0.2, 0.25) is 0 Å². The average molecular weight is 226 g/mol. The van der Waals surface area contributed by atoms with Gasteiger partial charge in [0.25, 0.3) is 0 Å².